The van der Waals surface area contributed by atoms with Gasteiger partial charge in [0.2, 0.25) is 0 Å². The third-order valence-corrected chi connectivity index (χ3v) is 4.37. The zero-order chi connectivity index (χ0) is 17.1. The maximum atomic E-state index is 12.6. The second-order valence-electron chi connectivity index (χ2n) is 5.57. The molecule has 1 aromatic carbocycles. The Morgan fingerprint density at radius 1 is 1.50 bits per heavy atom. The predicted octanol–water partition coefficient (Wildman–Crippen LogP) is 2.29. The quantitative estimate of drug-likeness (QED) is 0.859. The molecule has 0 bridgehead atoms. The lowest BCUT2D eigenvalue weighted by Crippen LogP contribution is -2.46. The molecule has 0 aliphatic carbocycles. The average Bonchev–Trinajstić information content (AvgIpc) is 2.62. The molecule has 2 unspecified atom stereocenters. The van der Waals surface area contributed by atoms with Crippen molar-refractivity contribution in [2.75, 3.05) is 20.2 Å². The summed E-state index contributed by atoms with van der Waals surface area (Å²) < 4.78 is 11.0. The molecule has 24 heavy (non-hydrogen) atoms. The third-order valence-electron chi connectivity index (χ3n) is 4.14. The number of fused-ring (bicyclic) bond motifs is 1. The van der Waals surface area contributed by atoms with E-state index in [1.807, 2.05) is 6.07 Å². The molecule has 0 amide bonds. The lowest BCUT2D eigenvalue weighted by Gasteiger charge is -2.29. The van der Waals surface area contributed by atoms with Crippen LogP contribution < -0.4 is 10.1 Å². The molecule has 0 saturated carbocycles. The van der Waals surface area contributed by atoms with Gasteiger partial charge in [-0.05, 0) is 31.2 Å². The van der Waals surface area contributed by atoms with E-state index in [0.717, 1.165) is 0 Å². The van der Waals surface area contributed by atoms with Crippen LogP contribution in [0.5, 0.6) is 5.75 Å². The average molecular weight is 346 g/mol. The molecule has 2 aromatic rings. The first-order chi connectivity index (χ1) is 11.6. The molecule has 7 heteroatoms. The first-order valence-electron chi connectivity index (χ1n) is 7.57. The van der Waals surface area contributed by atoms with E-state index in [1.165, 1.54) is 6.20 Å². The topological polar surface area (TPSA) is 84.2 Å². The SMILES string of the molecule is COC1CNCCC1C(=O)Oc1c(C#N)cnc2ccc(Cl)cc12. The lowest BCUT2D eigenvalue weighted by molar-refractivity contribution is -0.145. The Balaban J connectivity index is 1.98. The van der Waals surface area contributed by atoms with E-state index in [2.05, 4.69) is 10.3 Å². The summed E-state index contributed by atoms with van der Waals surface area (Å²) in [6.07, 6.45) is 1.76. The number of carbonyl (C=O) groups excluding carboxylic acids is 1. The van der Waals surface area contributed by atoms with E-state index >= 15 is 0 Å². The summed E-state index contributed by atoms with van der Waals surface area (Å²) in [5.41, 5.74) is 0.802. The van der Waals surface area contributed by atoms with Crippen LogP contribution in [-0.2, 0) is 9.53 Å². The highest BCUT2D eigenvalue weighted by atomic mass is 35.5. The largest absolute Gasteiger partial charge is 0.424 e. The highest BCUT2D eigenvalue weighted by molar-refractivity contribution is 6.31. The number of nitrogens with one attached hydrogen (secondary N) is 1. The van der Waals surface area contributed by atoms with Crippen molar-refractivity contribution in [1.82, 2.24) is 10.3 Å². The number of aromatic nitrogens is 1. The standard InChI is InChI=1S/C17H16ClN3O3/c1-23-15-9-20-5-4-12(15)17(22)24-16-10(7-19)8-21-14-3-2-11(18)6-13(14)16/h2-3,6,8,12,15,20H,4-5,9H2,1H3. The van der Waals surface area contributed by atoms with E-state index in [1.54, 1.807) is 25.3 Å². The third kappa shape index (κ3) is 3.20. The van der Waals surface area contributed by atoms with Crippen LogP contribution in [0, 0.1) is 17.2 Å². The maximum Gasteiger partial charge on any atom is 0.317 e. The smallest absolute Gasteiger partial charge is 0.317 e. The number of ether oxygens (including phenoxy) is 2. The van der Waals surface area contributed by atoms with Crippen LogP contribution in [0.3, 0.4) is 0 Å². The molecule has 124 valence electrons. The van der Waals surface area contributed by atoms with Crippen molar-refractivity contribution < 1.29 is 14.3 Å². The Bertz CT molecular complexity index is 819. The van der Waals surface area contributed by atoms with Crippen LogP contribution >= 0.6 is 11.6 Å². The molecule has 1 aliphatic heterocycles. The van der Waals surface area contributed by atoms with E-state index in [9.17, 15) is 10.1 Å². The molecule has 0 spiro atoms. The van der Waals surface area contributed by atoms with E-state index < -0.39 is 5.97 Å². The van der Waals surface area contributed by atoms with E-state index in [-0.39, 0.29) is 23.3 Å². The monoisotopic (exact) mass is 345 g/mol. The summed E-state index contributed by atoms with van der Waals surface area (Å²) in [5, 5.41) is 13.5. The maximum absolute atomic E-state index is 12.6. The van der Waals surface area contributed by atoms with Crippen molar-refractivity contribution in [1.29, 1.82) is 5.26 Å². The number of methoxy groups -OCH3 is 1. The number of hydrogen-bond donors (Lipinski definition) is 1. The summed E-state index contributed by atoms with van der Waals surface area (Å²) in [6, 6.07) is 7.07. The van der Waals surface area contributed by atoms with Crippen LogP contribution in [0.15, 0.2) is 24.4 Å². The van der Waals surface area contributed by atoms with Gasteiger partial charge in [-0.1, -0.05) is 11.6 Å². The number of pyridine rings is 1. The summed E-state index contributed by atoms with van der Waals surface area (Å²) in [6.45, 7) is 1.30. The molecule has 2 atom stereocenters. The van der Waals surface area contributed by atoms with Crippen molar-refractivity contribution in [2.45, 2.75) is 12.5 Å². The van der Waals surface area contributed by atoms with Gasteiger partial charge in [0.25, 0.3) is 0 Å². The number of esters is 1. The minimum atomic E-state index is -0.410. The summed E-state index contributed by atoms with van der Waals surface area (Å²) in [4.78, 5) is 16.8. The van der Waals surface area contributed by atoms with E-state index in [0.29, 0.717) is 35.4 Å². The van der Waals surface area contributed by atoms with Crippen molar-refractivity contribution >= 4 is 28.5 Å². The van der Waals surface area contributed by atoms with Gasteiger partial charge in [-0.25, -0.2) is 0 Å². The minimum Gasteiger partial charge on any atom is -0.424 e. The number of hydrogen-bond acceptors (Lipinski definition) is 6. The Hall–Kier alpha value is -2.20. The first kappa shape index (κ1) is 16.7. The fourth-order valence-electron chi connectivity index (χ4n) is 2.85. The van der Waals surface area contributed by atoms with Gasteiger partial charge in [-0.3, -0.25) is 9.78 Å². The summed E-state index contributed by atoms with van der Waals surface area (Å²) in [5.74, 6) is -0.596. The van der Waals surface area contributed by atoms with Gasteiger partial charge in [0.1, 0.15) is 11.6 Å². The number of nitrogens with zero attached hydrogens (tertiary/aromatic N) is 2. The molecule has 3 rings (SSSR count). The molecule has 1 N–H and O–H groups in total. The number of halogens is 1. The van der Waals surface area contributed by atoms with Crippen molar-refractivity contribution in [3.63, 3.8) is 0 Å². The van der Waals surface area contributed by atoms with Gasteiger partial charge in [-0.2, -0.15) is 5.26 Å². The van der Waals surface area contributed by atoms with Crippen molar-refractivity contribution in [3.05, 3.63) is 35.0 Å². The van der Waals surface area contributed by atoms with Crippen LogP contribution in [0.4, 0.5) is 0 Å². The van der Waals surface area contributed by atoms with Gasteiger partial charge >= 0.3 is 5.97 Å². The number of carbonyl (C=O) groups is 1. The van der Waals surface area contributed by atoms with Crippen LogP contribution in [-0.4, -0.2) is 37.3 Å². The highest BCUT2D eigenvalue weighted by Crippen LogP contribution is 2.31. The van der Waals surface area contributed by atoms with Gasteiger partial charge in [0, 0.05) is 30.3 Å². The molecule has 0 radical (unpaired) electrons. The zero-order valence-corrected chi connectivity index (χ0v) is 13.8. The van der Waals surface area contributed by atoms with Crippen LogP contribution in [0.1, 0.15) is 12.0 Å². The number of nitriles is 1. The van der Waals surface area contributed by atoms with Gasteiger partial charge in [0.05, 0.1) is 17.5 Å². The van der Waals surface area contributed by atoms with E-state index in [4.69, 9.17) is 21.1 Å². The van der Waals surface area contributed by atoms with Crippen molar-refractivity contribution in [3.8, 4) is 11.8 Å². The molecule has 1 saturated heterocycles. The fraction of sp³-hybridized carbons (Fsp3) is 0.353. The molecule has 1 fully saturated rings. The second kappa shape index (κ2) is 7.14. The Morgan fingerprint density at radius 2 is 2.33 bits per heavy atom. The molecule has 6 nitrogen and oxygen atoms in total. The van der Waals surface area contributed by atoms with Crippen LogP contribution in [0.25, 0.3) is 10.9 Å². The fourth-order valence-corrected chi connectivity index (χ4v) is 3.03. The number of benzene rings is 1. The lowest BCUT2D eigenvalue weighted by atomic mass is 9.95. The van der Waals surface area contributed by atoms with Crippen LogP contribution in [0.2, 0.25) is 5.02 Å². The summed E-state index contributed by atoms with van der Waals surface area (Å²) in [7, 11) is 1.57. The Labute approximate surface area is 144 Å². The predicted molar refractivity (Wildman–Crippen MR) is 88.9 cm³/mol. The Kier molecular flexibility index (Phi) is 4.95. The minimum absolute atomic E-state index is 0.195. The molecular formula is C17H16ClN3O3. The van der Waals surface area contributed by atoms with Gasteiger partial charge < -0.3 is 14.8 Å². The first-order valence-corrected chi connectivity index (χ1v) is 7.95. The number of piperidine rings is 1. The molecular weight excluding hydrogens is 330 g/mol. The normalized spacial score (nSPS) is 20.5. The Morgan fingerprint density at radius 3 is 3.08 bits per heavy atom. The molecule has 2 heterocycles. The highest BCUT2D eigenvalue weighted by Gasteiger charge is 2.33. The number of rotatable bonds is 3. The van der Waals surface area contributed by atoms with Gasteiger partial charge in [0.15, 0.2) is 5.75 Å². The molecule has 1 aromatic heterocycles. The zero-order valence-electron chi connectivity index (χ0n) is 13.1. The van der Waals surface area contributed by atoms with Crippen molar-refractivity contribution in [2.24, 2.45) is 5.92 Å². The summed E-state index contributed by atoms with van der Waals surface area (Å²) >= 11 is 6.04. The van der Waals surface area contributed by atoms with Gasteiger partial charge in [-0.15, -0.1) is 0 Å². The molecule has 1 aliphatic rings. The second-order valence-corrected chi connectivity index (χ2v) is 6.01.